The van der Waals surface area contributed by atoms with E-state index in [1.165, 1.54) is 12.0 Å². The molecule has 2 aromatic carbocycles. The lowest BCUT2D eigenvalue weighted by atomic mass is 9.88. The minimum absolute atomic E-state index is 0.141. The molecule has 0 aliphatic heterocycles. The molecule has 5 nitrogen and oxygen atoms in total. The number of hydrogen-bond donors (Lipinski definition) is 3. The number of rotatable bonds is 7. The Balaban J connectivity index is 1.46. The average Bonchev–Trinajstić information content (AvgIpc) is 2.74. The van der Waals surface area contributed by atoms with Crippen molar-refractivity contribution in [2.45, 2.75) is 45.1 Å². The molecule has 0 atom stereocenters. The molecule has 0 bridgehead atoms. The molecule has 0 radical (unpaired) electrons. The summed E-state index contributed by atoms with van der Waals surface area (Å²) in [5, 5.41) is 6.21. The number of guanidine groups is 1. The monoisotopic (exact) mass is 378 g/mol. The highest BCUT2D eigenvalue weighted by molar-refractivity contribution is 5.92. The van der Waals surface area contributed by atoms with Gasteiger partial charge in [0.05, 0.1) is 6.54 Å². The first-order valence-corrected chi connectivity index (χ1v) is 10.2. The molecule has 28 heavy (non-hydrogen) atoms. The molecular weight excluding hydrogens is 348 g/mol. The van der Waals surface area contributed by atoms with Crippen LogP contribution in [0.1, 0.15) is 43.2 Å². The van der Waals surface area contributed by atoms with Crippen LogP contribution in [-0.4, -0.2) is 18.4 Å². The van der Waals surface area contributed by atoms with Crippen LogP contribution in [0, 0.1) is 5.92 Å². The summed E-state index contributed by atoms with van der Waals surface area (Å²) in [5.41, 5.74) is 9.09. The van der Waals surface area contributed by atoms with Crippen LogP contribution in [0.3, 0.4) is 0 Å². The lowest BCUT2D eigenvalue weighted by Gasteiger charge is -2.20. The SMILES string of the molecule is NC(=NCc1cccc(NC(=O)C2CCCCC2)c1)NCCc1ccccc1. The van der Waals surface area contributed by atoms with E-state index in [0.717, 1.165) is 49.9 Å². The van der Waals surface area contributed by atoms with E-state index in [0.29, 0.717) is 12.5 Å². The van der Waals surface area contributed by atoms with E-state index in [-0.39, 0.29) is 11.8 Å². The molecule has 4 N–H and O–H groups in total. The molecule has 0 saturated heterocycles. The fourth-order valence-corrected chi connectivity index (χ4v) is 3.57. The molecule has 1 aliphatic rings. The van der Waals surface area contributed by atoms with Gasteiger partial charge in [-0.15, -0.1) is 0 Å². The summed E-state index contributed by atoms with van der Waals surface area (Å²) in [7, 11) is 0. The molecule has 0 spiro atoms. The second-order valence-electron chi connectivity index (χ2n) is 7.39. The normalized spacial score (nSPS) is 15.2. The highest BCUT2D eigenvalue weighted by Crippen LogP contribution is 2.25. The number of nitrogens with two attached hydrogens (primary N) is 1. The van der Waals surface area contributed by atoms with Gasteiger partial charge in [-0.2, -0.15) is 0 Å². The fourth-order valence-electron chi connectivity index (χ4n) is 3.57. The summed E-state index contributed by atoms with van der Waals surface area (Å²) in [6.45, 7) is 1.23. The minimum atomic E-state index is 0.141. The van der Waals surface area contributed by atoms with Crippen molar-refractivity contribution in [1.82, 2.24) is 5.32 Å². The van der Waals surface area contributed by atoms with E-state index in [9.17, 15) is 4.79 Å². The fraction of sp³-hybridized carbons (Fsp3) is 0.391. The summed E-state index contributed by atoms with van der Waals surface area (Å²) in [5.74, 6) is 0.731. The van der Waals surface area contributed by atoms with Crippen molar-refractivity contribution in [2.24, 2.45) is 16.6 Å². The number of aliphatic imine (C=N–C) groups is 1. The van der Waals surface area contributed by atoms with E-state index in [1.54, 1.807) is 0 Å². The zero-order valence-corrected chi connectivity index (χ0v) is 16.4. The first-order valence-electron chi connectivity index (χ1n) is 10.2. The van der Waals surface area contributed by atoms with Crippen molar-refractivity contribution in [3.63, 3.8) is 0 Å². The number of anilines is 1. The maximum atomic E-state index is 12.4. The maximum Gasteiger partial charge on any atom is 0.227 e. The maximum absolute atomic E-state index is 12.4. The van der Waals surface area contributed by atoms with Crippen LogP contribution in [-0.2, 0) is 17.8 Å². The Morgan fingerprint density at radius 2 is 1.75 bits per heavy atom. The standard InChI is InChI=1S/C23H30N4O/c24-23(25-15-14-18-8-3-1-4-9-18)26-17-19-10-7-13-21(16-19)27-22(28)20-11-5-2-6-12-20/h1,3-4,7-10,13,16,20H,2,5-6,11-12,14-15,17H2,(H,27,28)(H3,24,25,26). The summed E-state index contributed by atoms with van der Waals surface area (Å²) in [6.07, 6.45) is 6.46. The van der Waals surface area contributed by atoms with Crippen molar-refractivity contribution >= 4 is 17.6 Å². The van der Waals surface area contributed by atoms with E-state index >= 15 is 0 Å². The summed E-state index contributed by atoms with van der Waals surface area (Å²) in [4.78, 5) is 16.8. The highest BCUT2D eigenvalue weighted by Gasteiger charge is 2.20. The number of nitrogens with one attached hydrogen (secondary N) is 2. The third-order valence-electron chi connectivity index (χ3n) is 5.17. The average molecular weight is 379 g/mol. The van der Waals surface area contributed by atoms with Crippen LogP contribution in [0.5, 0.6) is 0 Å². The van der Waals surface area contributed by atoms with Crippen molar-refractivity contribution in [1.29, 1.82) is 0 Å². The van der Waals surface area contributed by atoms with E-state index in [1.807, 2.05) is 42.5 Å². The van der Waals surface area contributed by atoms with Gasteiger partial charge >= 0.3 is 0 Å². The Morgan fingerprint density at radius 1 is 1.00 bits per heavy atom. The summed E-state index contributed by atoms with van der Waals surface area (Å²) in [6, 6.07) is 18.1. The van der Waals surface area contributed by atoms with Crippen molar-refractivity contribution < 1.29 is 4.79 Å². The summed E-state index contributed by atoms with van der Waals surface area (Å²) >= 11 is 0. The molecule has 0 heterocycles. The number of benzene rings is 2. The van der Waals surface area contributed by atoms with Crippen LogP contribution in [0.15, 0.2) is 59.6 Å². The van der Waals surface area contributed by atoms with Gasteiger partial charge in [-0.1, -0.05) is 61.7 Å². The van der Waals surface area contributed by atoms with Crippen LogP contribution in [0.4, 0.5) is 5.69 Å². The lowest BCUT2D eigenvalue weighted by molar-refractivity contribution is -0.120. The second kappa shape index (κ2) is 10.5. The Bertz CT molecular complexity index is 782. The van der Waals surface area contributed by atoms with Crippen LogP contribution >= 0.6 is 0 Å². The van der Waals surface area contributed by atoms with Crippen molar-refractivity contribution in [2.75, 3.05) is 11.9 Å². The summed E-state index contributed by atoms with van der Waals surface area (Å²) < 4.78 is 0. The predicted molar refractivity (Wildman–Crippen MR) is 115 cm³/mol. The van der Waals surface area contributed by atoms with Gasteiger partial charge in [-0.25, -0.2) is 4.99 Å². The molecule has 0 unspecified atom stereocenters. The van der Waals surface area contributed by atoms with Gasteiger partial charge in [0.2, 0.25) is 5.91 Å². The Kier molecular flexibility index (Phi) is 7.47. The number of carbonyl (C=O) groups excluding carboxylic acids is 1. The number of nitrogens with zero attached hydrogens (tertiary/aromatic N) is 1. The molecule has 0 aromatic heterocycles. The smallest absolute Gasteiger partial charge is 0.227 e. The van der Waals surface area contributed by atoms with Gasteiger partial charge in [-0.3, -0.25) is 4.79 Å². The molecule has 2 aromatic rings. The van der Waals surface area contributed by atoms with E-state index in [2.05, 4.69) is 27.8 Å². The zero-order valence-electron chi connectivity index (χ0n) is 16.4. The molecule has 1 saturated carbocycles. The lowest BCUT2D eigenvalue weighted by Crippen LogP contribution is -2.33. The van der Waals surface area contributed by atoms with Gasteiger partial charge in [-0.05, 0) is 42.5 Å². The Morgan fingerprint density at radius 3 is 2.54 bits per heavy atom. The third kappa shape index (κ3) is 6.41. The first kappa shape index (κ1) is 19.9. The molecule has 1 aliphatic carbocycles. The number of amides is 1. The number of hydrogen-bond acceptors (Lipinski definition) is 2. The van der Waals surface area contributed by atoms with Crippen LogP contribution in [0.2, 0.25) is 0 Å². The minimum Gasteiger partial charge on any atom is -0.370 e. The molecule has 148 valence electrons. The van der Waals surface area contributed by atoms with Gasteiger partial charge in [0.15, 0.2) is 5.96 Å². The second-order valence-corrected chi connectivity index (χ2v) is 7.39. The molecule has 1 fully saturated rings. The topological polar surface area (TPSA) is 79.5 Å². The van der Waals surface area contributed by atoms with Gasteiger partial charge in [0.1, 0.15) is 0 Å². The largest absolute Gasteiger partial charge is 0.370 e. The van der Waals surface area contributed by atoms with Gasteiger partial charge < -0.3 is 16.4 Å². The zero-order chi connectivity index (χ0) is 19.6. The Labute approximate surface area is 167 Å². The molecular formula is C23H30N4O. The molecule has 3 rings (SSSR count). The van der Waals surface area contributed by atoms with E-state index < -0.39 is 0 Å². The highest BCUT2D eigenvalue weighted by atomic mass is 16.1. The van der Waals surface area contributed by atoms with Gasteiger partial charge in [0.25, 0.3) is 0 Å². The third-order valence-corrected chi connectivity index (χ3v) is 5.17. The van der Waals surface area contributed by atoms with Crippen LogP contribution < -0.4 is 16.4 Å². The number of carbonyl (C=O) groups is 1. The van der Waals surface area contributed by atoms with Crippen molar-refractivity contribution in [3.8, 4) is 0 Å². The first-order chi connectivity index (χ1) is 13.7. The molecule has 5 heteroatoms. The van der Waals surface area contributed by atoms with E-state index in [4.69, 9.17) is 5.73 Å². The van der Waals surface area contributed by atoms with Crippen LogP contribution in [0.25, 0.3) is 0 Å². The van der Waals surface area contributed by atoms with Crippen molar-refractivity contribution in [3.05, 3.63) is 65.7 Å². The predicted octanol–water partition coefficient (Wildman–Crippen LogP) is 3.85. The Hall–Kier alpha value is -2.82. The van der Waals surface area contributed by atoms with Gasteiger partial charge in [0, 0.05) is 18.2 Å². The molecule has 1 amide bonds. The quantitative estimate of drug-likeness (QED) is 0.506.